The minimum Gasteiger partial charge on any atom is -0.378 e. The van der Waals surface area contributed by atoms with Gasteiger partial charge in [0.25, 0.3) is 0 Å². The topological polar surface area (TPSA) is 21.3 Å². The molecule has 3 unspecified atom stereocenters. The Morgan fingerprint density at radius 3 is 2.67 bits per heavy atom. The molecule has 1 fully saturated rings. The minimum atomic E-state index is 0.311. The van der Waals surface area contributed by atoms with Crippen molar-refractivity contribution in [2.75, 3.05) is 13.2 Å². The van der Waals surface area contributed by atoms with Crippen LogP contribution in [0.15, 0.2) is 12.2 Å². The average Bonchev–Trinajstić information content (AvgIpc) is 2.20. The molecule has 0 bridgehead atoms. The molecule has 88 valence electrons. The molecule has 1 N–H and O–H groups in total. The normalized spacial score (nSPS) is 34.9. The first kappa shape index (κ1) is 12.7. The van der Waals surface area contributed by atoms with Crippen LogP contribution in [0.4, 0.5) is 0 Å². The van der Waals surface area contributed by atoms with E-state index < -0.39 is 0 Å². The monoisotopic (exact) mass is 211 g/mol. The molecule has 0 saturated heterocycles. The van der Waals surface area contributed by atoms with E-state index in [4.69, 9.17) is 4.74 Å². The van der Waals surface area contributed by atoms with Gasteiger partial charge in [0.05, 0.1) is 6.10 Å². The van der Waals surface area contributed by atoms with Crippen LogP contribution in [0.5, 0.6) is 0 Å². The molecule has 1 saturated carbocycles. The van der Waals surface area contributed by atoms with E-state index >= 15 is 0 Å². The molecule has 1 aliphatic carbocycles. The van der Waals surface area contributed by atoms with Crippen LogP contribution in [0.2, 0.25) is 0 Å². The SMILES string of the molecule is C=C(C)CNC1CC(OCC)C1(C)CC. The molecule has 2 heteroatoms. The lowest BCUT2D eigenvalue weighted by Gasteiger charge is -2.53. The van der Waals surface area contributed by atoms with Gasteiger partial charge in [-0.25, -0.2) is 0 Å². The molecule has 2 nitrogen and oxygen atoms in total. The average molecular weight is 211 g/mol. The highest BCUT2D eigenvalue weighted by Gasteiger charge is 2.50. The number of rotatable bonds is 6. The van der Waals surface area contributed by atoms with Crippen molar-refractivity contribution < 1.29 is 4.74 Å². The van der Waals surface area contributed by atoms with Crippen molar-refractivity contribution in [1.29, 1.82) is 0 Å². The van der Waals surface area contributed by atoms with Crippen molar-refractivity contribution in [2.24, 2.45) is 5.41 Å². The predicted molar refractivity (Wildman–Crippen MR) is 65.0 cm³/mol. The van der Waals surface area contributed by atoms with E-state index in [1.54, 1.807) is 0 Å². The van der Waals surface area contributed by atoms with Crippen LogP contribution in [0.25, 0.3) is 0 Å². The maximum absolute atomic E-state index is 5.76. The van der Waals surface area contributed by atoms with Crippen molar-refractivity contribution in [3.8, 4) is 0 Å². The summed E-state index contributed by atoms with van der Waals surface area (Å²) in [6.07, 6.45) is 2.76. The molecule has 0 spiro atoms. The van der Waals surface area contributed by atoms with Gasteiger partial charge in [0.15, 0.2) is 0 Å². The molecule has 0 heterocycles. The van der Waals surface area contributed by atoms with Gasteiger partial charge in [0, 0.05) is 24.6 Å². The summed E-state index contributed by atoms with van der Waals surface area (Å²) in [5.74, 6) is 0. The van der Waals surface area contributed by atoms with E-state index in [0.29, 0.717) is 17.6 Å². The predicted octanol–water partition coefficient (Wildman–Crippen LogP) is 2.75. The maximum Gasteiger partial charge on any atom is 0.0658 e. The lowest BCUT2D eigenvalue weighted by molar-refractivity contribution is -0.125. The summed E-state index contributed by atoms with van der Waals surface area (Å²) in [4.78, 5) is 0. The Bertz CT molecular complexity index is 227. The summed E-state index contributed by atoms with van der Waals surface area (Å²) < 4.78 is 5.76. The van der Waals surface area contributed by atoms with Crippen molar-refractivity contribution in [2.45, 2.75) is 52.7 Å². The summed E-state index contributed by atoms with van der Waals surface area (Å²) in [6, 6.07) is 0.593. The highest BCUT2D eigenvalue weighted by atomic mass is 16.5. The molecule has 0 aromatic heterocycles. The third kappa shape index (κ3) is 2.61. The van der Waals surface area contributed by atoms with Gasteiger partial charge in [0.1, 0.15) is 0 Å². The largest absolute Gasteiger partial charge is 0.378 e. The van der Waals surface area contributed by atoms with Crippen molar-refractivity contribution >= 4 is 0 Å². The molecule has 15 heavy (non-hydrogen) atoms. The summed E-state index contributed by atoms with van der Waals surface area (Å²) in [6.45, 7) is 14.4. The first-order valence-electron chi connectivity index (χ1n) is 6.04. The van der Waals surface area contributed by atoms with E-state index in [9.17, 15) is 0 Å². The van der Waals surface area contributed by atoms with Crippen molar-refractivity contribution in [3.05, 3.63) is 12.2 Å². The van der Waals surface area contributed by atoms with E-state index in [0.717, 1.165) is 19.6 Å². The molecule has 0 aliphatic heterocycles. The van der Waals surface area contributed by atoms with E-state index in [1.165, 1.54) is 12.0 Å². The molecule has 0 aromatic carbocycles. The number of ether oxygens (including phenoxy) is 1. The zero-order valence-electron chi connectivity index (χ0n) is 10.6. The second-order valence-electron chi connectivity index (χ2n) is 4.93. The summed E-state index contributed by atoms with van der Waals surface area (Å²) in [5, 5.41) is 3.57. The van der Waals surface area contributed by atoms with Crippen LogP contribution in [0, 0.1) is 5.41 Å². The summed E-state index contributed by atoms with van der Waals surface area (Å²) in [7, 11) is 0. The maximum atomic E-state index is 5.76. The zero-order valence-corrected chi connectivity index (χ0v) is 10.6. The van der Waals surface area contributed by atoms with E-state index in [2.05, 4.69) is 39.6 Å². The second-order valence-corrected chi connectivity index (χ2v) is 4.93. The Hall–Kier alpha value is -0.340. The van der Waals surface area contributed by atoms with Crippen molar-refractivity contribution in [3.63, 3.8) is 0 Å². The van der Waals surface area contributed by atoms with Crippen LogP contribution in [-0.2, 0) is 4.74 Å². The van der Waals surface area contributed by atoms with Crippen LogP contribution in [0.3, 0.4) is 0 Å². The zero-order chi connectivity index (χ0) is 11.5. The third-order valence-electron chi connectivity index (χ3n) is 3.76. The molecule has 1 aliphatic rings. The fourth-order valence-electron chi connectivity index (χ4n) is 2.36. The summed E-state index contributed by atoms with van der Waals surface area (Å²) >= 11 is 0. The molecular formula is C13H25NO. The summed E-state index contributed by atoms with van der Waals surface area (Å²) in [5.41, 5.74) is 1.51. The molecule has 1 rings (SSSR count). The van der Waals surface area contributed by atoms with Crippen LogP contribution in [0.1, 0.15) is 40.5 Å². The van der Waals surface area contributed by atoms with Gasteiger partial charge < -0.3 is 10.1 Å². The highest BCUT2D eigenvalue weighted by Crippen LogP contribution is 2.45. The quantitative estimate of drug-likeness (QED) is 0.682. The van der Waals surface area contributed by atoms with Gasteiger partial charge in [-0.15, -0.1) is 0 Å². The Labute approximate surface area is 94.1 Å². The molecule has 0 amide bonds. The van der Waals surface area contributed by atoms with Gasteiger partial charge in [0.2, 0.25) is 0 Å². The molecule has 3 atom stereocenters. The third-order valence-corrected chi connectivity index (χ3v) is 3.76. The fraction of sp³-hybridized carbons (Fsp3) is 0.846. The molecule has 0 aromatic rings. The molecule has 0 radical (unpaired) electrons. The van der Waals surface area contributed by atoms with Gasteiger partial charge in [-0.3, -0.25) is 0 Å². The van der Waals surface area contributed by atoms with Crippen LogP contribution >= 0.6 is 0 Å². The Kier molecular flexibility index (Phi) is 4.35. The minimum absolute atomic E-state index is 0.311. The van der Waals surface area contributed by atoms with Crippen LogP contribution < -0.4 is 5.32 Å². The lowest BCUT2D eigenvalue weighted by atomic mass is 9.61. The standard InChI is InChI=1S/C13H25NO/c1-6-13(5)11(14-9-10(3)4)8-12(13)15-7-2/h11-12,14H,3,6-9H2,1-2,4-5H3. The Balaban J connectivity index is 2.45. The number of nitrogens with one attached hydrogen (secondary N) is 1. The van der Waals surface area contributed by atoms with E-state index in [1.807, 2.05) is 0 Å². The Morgan fingerprint density at radius 1 is 1.53 bits per heavy atom. The number of hydrogen-bond donors (Lipinski definition) is 1. The van der Waals surface area contributed by atoms with Crippen molar-refractivity contribution in [1.82, 2.24) is 5.32 Å². The molecular weight excluding hydrogens is 186 g/mol. The second kappa shape index (κ2) is 5.13. The first-order valence-corrected chi connectivity index (χ1v) is 6.04. The first-order chi connectivity index (χ1) is 7.04. The highest BCUT2D eigenvalue weighted by molar-refractivity contribution is 5.06. The number of hydrogen-bond acceptors (Lipinski definition) is 2. The fourth-order valence-corrected chi connectivity index (χ4v) is 2.36. The van der Waals surface area contributed by atoms with Gasteiger partial charge in [-0.2, -0.15) is 0 Å². The van der Waals surface area contributed by atoms with Gasteiger partial charge in [-0.05, 0) is 26.7 Å². The smallest absolute Gasteiger partial charge is 0.0658 e. The Morgan fingerprint density at radius 2 is 2.20 bits per heavy atom. The van der Waals surface area contributed by atoms with Gasteiger partial charge >= 0.3 is 0 Å². The van der Waals surface area contributed by atoms with Gasteiger partial charge in [-0.1, -0.05) is 26.0 Å². The van der Waals surface area contributed by atoms with Crippen LogP contribution in [-0.4, -0.2) is 25.3 Å². The lowest BCUT2D eigenvalue weighted by Crippen LogP contribution is -2.62. The van der Waals surface area contributed by atoms with E-state index in [-0.39, 0.29) is 0 Å².